The number of phenolic OH excluding ortho intramolecular Hbond substituents is 1. The van der Waals surface area contributed by atoms with Crippen molar-refractivity contribution >= 4 is 46.8 Å². The summed E-state index contributed by atoms with van der Waals surface area (Å²) in [6.45, 7) is 0. The first-order valence-corrected chi connectivity index (χ1v) is 10.8. The van der Waals surface area contributed by atoms with Gasteiger partial charge < -0.3 is 20.5 Å². The van der Waals surface area contributed by atoms with E-state index in [2.05, 4.69) is 36.1 Å². The highest BCUT2D eigenvalue weighted by Crippen LogP contribution is 2.28. The van der Waals surface area contributed by atoms with Crippen molar-refractivity contribution < 1.29 is 19.7 Å². The number of nitro benzene ring substituents is 2. The molecule has 15 nitrogen and oxygen atoms in total. The number of phenols is 1. The first-order valence-electron chi connectivity index (χ1n) is 10.8. The average Bonchev–Trinajstić information content (AvgIpc) is 2.90. The lowest BCUT2D eigenvalue weighted by atomic mass is 10.2. The van der Waals surface area contributed by atoms with Crippen LogP contribution in [0.3, 0.4) is 0 Å². The molecule has 4 rings (SSSR count). The fourth-order valence-electron chi connectivity index (χ4n) is 3.10. The number of non-ortho nitro benzene ring substituents is 1. The number of nitrogens with zero attached hydrogens (tertiary/aromatic N) is 6. The van der Waals surface area contributed by atoms with Gasteiger partial charge >= 0.3 is 5.69 Å². The van der Waals surface area contributed by atoms with E-state index >= 15 is 0 Å². The summed E-state index contributed by atoms with van der Waals surface area (Å²) in [5, 5.41) is 42.0. The zero-order chi connectivity index (χ0) is 27.1. The smallest absolute Gasteiger partial charge is 0.311 e. The van der Waals surface area contributed by atoms with Crippen molar-refractivity contribution in [2.24, 2.45) is 5.10 Å². The molecule has 192 valence electrons. The molecule has 0 aliphatic carbocycles. The molecule has 4 aromatic rings. The van der Waals surface area contributed by atoms with Crippen LogP contribution in [0.2, 0.25) is 0 Å². The number of hydrogen-bond acceptors (Lipinski definition) is 13. The maximum absolute atomic E-state index is 11.0. The second-order valence-electron chi connectivity index (χ2n) is 7.43. The van der Waals surface area contributed by atoms with Crippen molar-refractivity contribution in [3.8, 4) is 11.5 Å². The van der Waals surface area contributed by atoms with Gasteiger partial charge in [-0.2, -0.15) is 20.1 Å². The van der Waals surface area contributed by atoms with Gasteiger partial charge in [-0.1, -0.05) is 6.07 Å². The molecule has 0 saturated carbocycles. The van der Waals surface area contributed by atoms with Crippen molar-refractivity contribution in [3.05, 3.63) is 92.5 Å². The highest BCUT2D eigenvalue weighted by atomic mass is 16.6. The van der Waals surface area contributed by atoms with Crippen LogP contribution in [-0.4, -0.2) is 43.2 Å². The average molecular weight is 517 g/mol. The fraction of sp³-hybridized carbons (Fsp3) is 0.0435. The van der Waals surface area contributed by atoms with Crippen LogP contribution in [0, 0.1) is 20.2 Å². The molecule has 0 spiro atoms. The molecule has 3 aromatic carbocycles. The predicted molar refractivity (Wildman–Crippen MR) is 138 cm³/mol. The van der Waals surface area contributed by atoms with Gasteiger partial charge in [-0.15, -0.1) is 0 Å². The van der Waals surface area contributed by atoms with E-state index in [1.807, 2.05) is 0 Å². The Morgan fingerprint density at radius 2 is 1.42 bits per heavy atom. The first kappa shape index (κ1) is 25.2. The van der Waals surface area contributed by atoms with Crippen LogP contribution in [-0.2, 0) is 0 Å². The number of hydrogen-bond donors (Lipinski definition) is 4. The molecule has 4 N–H and O–H groups in total. The van der Waals surface area contributed by atoms with Gasteiger partial charge in [-0.25, -0.2) is 5.43 Å². The van der Waals surface area contributed by atoms with Crippen LogP contribution in [0.4, 0.5) is 40.6 Å². The second kappa shape index (κ2) is 11.3. The Balaban J connectivity index is 1.60. The third-order valence-corrected chi connectivity index (χ3v) is 4.93. The van der Waals surface area contributed by atoms with Gasteiger partial charge in [0, 0.05) is 35.1 Å². The topological polar surface area (TPSA) is 203 Å². The van der Waals surface area contributed by atoms with Crippen molar-refractivity contribution in [3.63, 3.8) is 0 Å². The Hall–Kier alpha value is -5.86. The van der Waals surface area contributed by atoms with Crippen molar-refractivity contribution in [2.75, 3.05) is 23.2 Å². The Morgan fingerprint density at radius 3 is 1.97 bits per heavy atom. The molecule has 0 bridgehead atoms. The largest absolute Gasteiger partial charge is 0.502 e. The maximum Gasteiger partial charge on any atom is 0.311 e. The lowest BCUT2D eigenvalue weighted by molar-refractivity contribution is -0.385. The normalized spacial score (nSPS) is 10.7. The van der Waals surface area contributed by atoms with E-state index in [-0.39, 0.29) is 29.1 Å². The summed E-state index contributed by atoms with van der Waals surface area (Å²) >= 11 is 0. The molecule has 0 saturated heterocycles. The molecule has 38 heavy (non-hydrogen) atoms. The number of para-hydroxylation sites is 1. The molecule has 0 amide bonds. The number of anilines is 5. The number of nitrogens with one attached hydrogen (secondary N) is 3. The van der Waals surface area contributed by atoms with Gasteiger partial charge in [-0.3, -0.25) is 20.2 Å². The second-order valence-corrected chi connectivity index (χ2v) is 7.43. The highest BCUT2D eigenvalue weighted by Gasteiger charge is 2.15. The minimum Gasteiger partial charge on any atom is -0.502 e. The van der Waals surface area contributed by atoms with Crippen LogP contribution in [0.5, 0.6) is 11.5 Å². The van der Waals surface area contributed by atoms with E-state index in [0.29, 0.717) is 17.1 Å². The van der Waals surface area contributed by atoms with Gasteiger partial charge in [0.2, 0.25) is 23.6 Å². The molecule has 0 unspecified atom stereocenters. The summed E-state index contributed by atoms with van der Waals surface area (Å²) in [6.07, 6.45) is 1.17. The Bertz CT molecular complexity index is 1490. The van der Waals surface area contributed by atoms with E-state index in [4.69, 9.17) is 4.74 Å². The van der Waals surface area contributed by atoms with E-state index in [1.54, 1.807) is 31.4 Å². The fourth-order valence-corrected chi connectivity index (χ4v) is 3.10. The molecular weight excluding hydrogens is 498 g/mol. The molecule has 0 radical (unpaired) electrons. The first-order chi connectivity index (χ1) is 18.3. The van der Waals surface area contributed by atoms with Gasteiger partial charge in [0.25, 0.3) is 5.69 Å². The Morgan fingerprint density at radius 1 is 0.842 bits per heavy atom. The third-order valence-electron chi connectivity index (χ3n) is 4.93. The Kier molecular flexibility index (Phi) is 7.47. The molecule has 1 aromatic heterocycles. The standard InChI is InChI=1S/C23H19N9O6/c1-38-18-11-7-16(8-12-18)26-22-27-21(25-15-5-9-17(10-6-15)31(34)35)28-23(29-22)30-24-13-14-3-2-4-19(20(14)33)32(36)37/h2-13,33H,1H3,(H3,25,26,27,28,29,30)/b24-13+. The summed E-state index contributed by atoms with van der Waals surface area (Å²) < 4.78 is 5.15. The van der Waals surface area contributed by atoms with E-state index < -0.39 is 21.3 Å². The van der Waals surface area contributed by atoms with Crippen LogP contribution in [0.25, 0.3) is 0 Å². The third kappa shape index (κ3) is 6.22. The summed E-state index contributed by atoms with van der Waals surface area (Å²) in [5.41, 5.74) is 3.29. The van der Waals surface area contributed by atoms with Crippen LogP contribution >= 0.6 is 0 Å². The minimum atomic E-state index is -0.709. The summed E-state index contributed by atoms with van der Waals surface area (Å²) in [4.78, 5) is 33.5. The van der Waals surface area contributed by atoms with Gasteiger partial charge in [0.1, 0.15) is 5.75 Å². The molecule has 0 aliphatic rings. The number of hydrazone groups is 1. The minimum absolute atomic E-state index is 0.0124. The predicted octanol–water partition coefficient (Wildman–Crippen LogP) is 4.34. The van der Waals surface area contributed by atoms with Gasteiger partial charge in [0.05, 0.1) is 23.2 Å². The molecule has 15 heteroatoms. The van der Waals surface area contributed by atoms with Crippen LogP contribution in [0.1, 0.15) is 5.56 Å². The van der Waals surface area contributed by atoms with Crippen molar-refractivity contribution in [2.45, 2.75) is 0 Å². The number of benzene rings is 3. The number of ether oxygens (including phenoxy) is 1. The summed E-state index contributed by atoms with van der Waals surface area (Å²) in [5.74, 6) is 0.321. The summed E-state index contributed by atoms with van der Waals surface area (Å²) in [7, 11) is 1.55. The van der Waals surface area contributed by atoms with Crippen molar-refractivity contribution in [1.82, 2.24) is 15.0 Å². The van der Waals surface area contributed by atoms with Crippen LogP contribution in [0.15, 0.2) is 71.8 Å². The zero-order valence-corrected chi connectivity index (χ0v) is 19.6. The monoisotopic (exact) mass is 517 g/mol. The Labute approximate surface area is 214 Å². The van der Waals surface area contributed by atoms with E-state index in [0.717, 1.165) is 0 Å². The molecule has 0 aliphatic heterocycles. The zero-order valence-electron chi connectivity index (χ0n) is 19.6. The number of methoxy groups -OCH3 is 1. The van der Waals surface area contributed by atoms with E-state index in [9.17, 15) is 25.3 Å². The van der Waals surface area contributed by atoms with Gasteiger partial charge in [-0.05, 0) is 42.5 Å². The van der Waals surface area contributed by atoms with E-state index in [1.165, 1.54) is 48.7 Å². The lowest BCUT2D eigenvalue weighted by Crippen LogP contribution is -2.07. The molecule has 0 fully saturated rings. The number of aromatic nitrogens is 3. The molecule has 1 heterocycles. The van der Waals surface area contributed by atoms with Gasteiger partial charge in [0.15, 0.2) is 0 Å². The summed E-state index contributed by atoms with van der Waals surface area (Å²) in [6, 6.07) is 16.7. The highest BCUT2D eigenvalue weighted by molar-refractivity contribution is 5.86. The van der Waals surface area contributed by atoms with Crippen LogP contribution < -0.4 is 20.8 Å². The molecular formula is C23H19N9O6. The molecule has 0 atom stereocenters. The SMILES string of the molecule is COc1ccc(Nc2nc(N/N=C/c3cccc([N+](=O)[O-])c3O)nc(Nc3ccc([N+](=O)[O-])cc3)n2)cc1. The number of aromatic hydroxyl groups is 1. The van der Waals surface area contributed by atoms with Crippen molar-refractivity contribution in [1.29, 1.82) is 0 Å². The maximum atomic E-state index is 11.0. The number of nitro groups is 2. The quantitative estimate of drug-likeness (QED) is 0.132. The lowest BCUT2D eigenvalue weighted by Gasteiger charge is -2.10. The number of rotatable bonds is 10.